The highest BCUT2D eigenvalue weighted by Crippen LogP contribution is 2.30. The molecule has 30 heavy (non-hydrogen) atoms. The van der Waals surface area contributed by atoms with E-state index in [1.165, 1.54) is 12.3 Å². The van der Waals surface area contributed by atoms with Crippen molar-refractivity contribution in [3.63, 3.8) is 0 Å². The van der Waals surface area contributed by atoms with Gasteiger partial charge in [0, 0.05) is 12.3 Å². The average molecular weight is 452 g/mol. The van der Waals surface area contributed by atoms with Crippen LogP contribution >= 0.6 is 12.4 Å². The minimum atomic E-state index is -4.69. The quantitative estimate of drug-likeness (QED) is 0.705. The van der Waals surface area contributed by atoms with Crippen LogP contribution in [0.2, 0.25) is 0 Å². The molecule has 0 aliphatic carbocycles. The Hall–Kier alpha value is -2.77. The lowest BCUT2D eigenvalue weighted by Crippen LogP contribution is -2.61. The number of morpholine rings is 1. The second kappa shape index (κ2) is 8.16. The van der Waals surface area contributed by atoms with Crippen molar-refractivity contribution in [2.24, 2.45) is 0 Å². The van der Waals surface area contributed by atoms with E-state index in [4.69, 9.17) is 9.84 Å². The lowest BCUT2D eigenvalue weighted by atomic mass is 10.0. The Morgan fingerprint density at radius 1 is 1.40 bits per heavy atom. The number of nitrogens with zero attached hydrogens (tertiary/aromatic N) is 5. The maximum Gasteiger partial charge on any atom is 0.435 e. The normalized spacial score (nSPS) is 19.9. The van der Waals surface area contributed by atoms with E-state index in [0.29, 0.717) is 0 Å². The SMILES string of the molecule is CC1(C)CN(c2ccn(-c3cnnc(C(F)(F)F)c3)n2)C(=O)C([C@@H](O)C(=O)O)O1.Cl. The van der Waals surface area contributed by atoms with Gasteiger partial charge in [-0.2, -0.15) is 18.3 Å². The highest BCUT2D eigenvalue weighted by Gasteiger charge is 2.46. The Morgan fingerprint density at radius 3 is 2.67 bits per heavy atom. The summed E-state index contributed by atoms with van der Waals surface area (Å²) in [4.78, 5) is 24.8. The smallest absolute Gasteiger partial charge is 0.435 e. The predicted molar refractivity (Wildman–Crippen MR) is 96.4 cm³/mol. The Morgan fingerprint density at radius 2 is 2.07 bits per heavy atom. The summed E-state index contributed by atoms with van der Waals surface area (Å²) in [5, 5.41) is 29.2. The van der Waals surface area contributed by atoms with Crippen molar-refractivity contribution in [1.82, 2.24) is 20.0 Å². The molecule has 0 radical (unpaired) electrons. The summed E-state index contributed by atoms with van der Waals surface area (Å²) >= 11 is 0. The molecule has 14 heteroatoms. The number of anilines is 1. The molecule has 2 aromatic rings. The summed E-state index contributed by atoms with van der Waals surface area (Å²) in [6.45, 7) is 3.16. The van der Waals surface area contributed by atoms with Gasteiger partial charge in [-0.1, -0.05) is 0 Å². The average Bonchev–Trinajstić information content (AvgIpc) is 3.12. The molecule has 1 saturated heterocycles. The van der Waals surface area contributed by atoms with E-state index in [1.54, 1.807) is 13.8 Å². The van der Waals surface area contributed by atoms with E-state index in [0.717, 1.165) is 21.8 Å². The van der Waals surface area contributed by atoms with E-state index in [2.05, 4.69) is 15.3 Å². The van der Waals surface area contributed by atoms with Gasteiger partial charge < -0.3 is 14.9 Å². The van der Waals surface area contributed by atoms with Crippen molar-refractivity contribution in [1.29, 1.82) is 0 Å². The standard InChI is InChI=1S/C16H16F3N5O5.ClH/c1-15(2)7-23(13(26)12(29-15)11(25)14(27)28)10-3-4-24(22-10)8-5-9(16(17,18)19)21-20-6-8;/h3-6,11-12,25H,7H2,1-2H3,(H,27,28);1H/t11-,12?;/m1./s1. The van der Waals surface area contributed by atoms with Crippen LogP contribution in [0.15, 0.2) is 24.5 Å². The van der Waals surface area contributed by atoms with Gasteiger partial charge in [-0.3, -0.25) is 9.69 Å². The molecule has 2 N–H and O–H groups in total. The number of aromatic nitrogens is 4. The first kappa shape index (κ1) is 23.5. The molecule has 2 atom stereocenters. The molecule has 10 nitrogen and oxygen atoms in total. The largest absolute Gasteiger partial charge is 0.479 e. The first-order chi connectivity index (χ1) is 13.4. The number of hydrogen-bond donors (Lipinski definition) is 2. The van der Waals surface area contributed by atoms with Gasteiger partial charge in [-0.05, 0) is 19.9 Å². The lowest BCUT2D eigenvalue weighted by Gasteiger charge is -2.41. The number of aliphatic hydroxyl groups is 1. The first-order valence-electron chi connectivity index (χ1n) is 8.25. The molecule has 164 valence electrons. The molecule has 0 spiro atoms. The van der Waals surface area contributed by atoms with Gasteiger partial charge in [-0.15, -0.1) is 22.6 Å². The molecule has 3 heterocycles. The van der Waals surface area contributed by atoms with Crippen LogP contribution in [0.3, 0.4) is 0 Å². The summed E-state index contributed by atoms with van der Waals surface area (Å²) in [6.07, 6.45) is -6.08. The van der Waals surface area contributed by atoms with Gasteiger partial charge in [0.2, 0.25) is 0 Å². The molecular weight excluding hydrogens is 435 g/mol. The molecule has 0 saturated carbocycles. The van der Waals surface area contributed by atoms with Crippen LogP contribution in [0.25, 0.3) is 5.69 Å². The zero-order valence-corrected chi connectivity index (χ0v) is 16.4. The molecule has 1 fully saturated rings. The van der Waals surface area contributed by atoms with Gasteiger partial charge in [0.25, 0.3) is 5.91 Å². The van der Waals surface area contributed by atoms with Crippen molar-refractivity contribution in [3.05, 3.63) is 30.2 Å². The second-order valence-electron chi connectivity index (χ2n) is 6.92. The number of rotatable bonds is 4. The molecule has 0 bridgehead atoms. The highest BCUT2D eigenvalue weighted by molar-refractivity contribution is 5.99. The van der Waals surface area contributed by atoms with E-state index < -0.39 is 41.6 Å². The topological polar surface area (TPSA) is 131 Å². The zero-order valence-electron chi connectivity index (χ0n) is 15.6. The van der Waals surface area contributed by atoms with E-state index in [1.807, 2.05) is 0 Å². The van der Waals surface area contributed by atoms with Crippen molar-refractivity contribution in [3.8, 4) is 5.69 Å². The molecule has 1 unspecified atom stereocenters. The minimum absolute atomic E-state index is 0. The predicted octanol–water partition coefficient (Wildman–Crippen LogP) is 1.06. The van der Waals surface area contributed by atoms with Gasteiger partial charge in [0.1, 0.15) is 0 Å². The number of carbonyl (C=O) groups excluding carboxylic acids is 1. The number of ether oxygens (including phenoxy) is 1. The summed E-state index contributed by atoms with van der Waals surface area (Å²) in [5.74, 6) is -2.43. The molecular formula is C16H17ClF3N5O5. The number of amides is 1. The number of aliphatic hydroxyl groups excluding tert-OH is 1. The van der Waals surface area contributed by atoms with Crippen LogP contribution in [0.5, 0.6) is 0 Å². The molecule has 1 amide bonds. The number of carboxylic acids is 1. The number of hydrogen-bond acceptors (Lipinski definition) is 7. The first-order valence-corrected chi connectivity index (χ1v) is 8.25. The van der Waals surface area contributed by atoms with Crippen molar-refractivity contribution in [2.75, 3.05) is 11.4 Å². The van der Waals surface area contributed by atoms with E-state index >= 15 is 0 Å². The van der Waals surface area contributed by atoms with Crippen LogP contribution in [-0.4, -0.2) is 66.4 Å². The third-order valence-electron chi connectivity index (χ3n) is 4.08. The Bertz CT molecular complexity index is 951. The third-order valence-corrected chi connectivity index (χ3v) is 4.08. The van der Waals surface area contributed by atoms with Crippen molar-refractivity contribution >= 4 is 30.1 Å². The zero-order chi connectivity index (χ0) is 21.6. The number of aliphatic carboxylic acids is 1. The second-order valence-corrected chi connectivity index (χ2v) is 6.92. The molecule has 3 rings (SSSR count). The van der Waals surface area contributed by atoms with Gasteiger partial charge in [-0.25, -0.2) is 9.48 Å². The Labute approximate surface area is 173 Å². The van der Waals surface area contributed by atoms with Gasteiger partial charge in [0.15, 0.2) is 23.7 Å². The van der Waals surface area contributed by atoms with Crippen molar-refractivity contribution < 1.29 is 37.7 Å². The van der Waals surface area contributed by atoms with Crippen LogP contribution in [0.1, 0.15) is 19.5 Å². The molecule has 1 aliphatic rings. The van der Waals surface area contributed by atoms with E-state index in [9.17, 15) is 27.9 Å². The third kappa shape index (κ3) is 4.68. The fourth-order valence-corrected chi connectivity index (χ4v) is 2.79. The molecule has 2 aromatic heterocycles. The maximum absolute atomic E-state index is 12.8. The molecule has 0 aromatic carbocycles. The van der Waals surface area contributed by atoms with E-state index in [-0.39, 0.29) is 30.5 Å². The number of carbonyl (C=O) groups is 2. The highest BCUT2D eigenvalue weighted by atomic mass is 35.5. The Balaban J connectivity index is 0.00000320. The van der Waals surface area contributed by atoms with Crippen LogP contribution in [-0.2, 0) is 20.5 Å². The molecule has 1 aliphatic heterocycles. The summed E-state index contributed by atoms with van der Waals surface area (Å²) in [5.41, 5.74) is -2.26. The fraction of sp³-hybridized carbons (Fsp3) is 0.438. The van der Waals surface area contributed by atoms with Crippen LogP contribution < -0.4 is 4.90 Å². The van der Waals surface area contributed by atoms with Crippen LogP contribution in [0.4, 0.5) is 19.0 Å². The van der Waals surface area contributed by atoms with Crippen molar-refractivity contribution in [2.45, 2.75) is 37.8 Å². The minimum Gasteiger partial charge on any atom is -0.479 e. The number of carboxylic acid groups (broad SMARTS) is 1. The monoisotopic (exact) mass is 451 g/mol. The maximum atomic E-state index is 12.8. The number of halogens is 4. The summed E-state index contributed by atoms with van der Waals surface area (Å²) < 4.78 is 45.0. The Kier molecular flexibility index (Phi) is 6.40. The summed E-state index contributed by atoms with van der Waals surface area (Å²) in [6, 6.07) is 2.10. The van der Waals surface area contributed by atoms with Crippen LogP contribution in [0, 0.1) is 0 Å². The summed E-state index contributed by atoms with van der Waals surface area (Å²) in [7, 11) is 0. The number of alkyl halides is 3. The fourth-order valence-electron chi connectivity index (χ4n) is 2.79. The van der Waals surface area contributed by atoms with Gasteiger partial charge >= 0.3 is 12.1 Å². The lowest BCUT2D eigenvalue weighted by molar-refractivity contribution is -0.178. The van der Waals surface area contributed by atoms with Gasteiger partial charge in [0.05, 0.1) is 24.0 Å².